The molecule has 2 rings (SSSR count). The van der Waals surface area contributed by atoms with Crippen molar-refractivity contribution in [2.45, 2.75) is 44.4 Å². The molecule has 5 heteroatoms. The van der Waals surface area contributed by atoms with Gasteiger partial charge in [-0.1, -0.05) is 49.6 Å². The highest BCUT2D eigenvalue weighted by atomic mass is 31.2. The summed E-state index contributed by atoms with van der Waals surface area (Å²) in [5.74, 6) is 0.126. The molecule has 0 amide bonds. The molecule has 0 heterocycles. The van der Waals surface area contributed by atoms with Crippen molar-refractivity contribution in [1.29, 1.82) is 0 Å². The van der Waals surface area contributed by atoms with E-state index in [0.29, 0.717) is 12.5 Å². The van der Waals surface area contributed by atoms with Gasteiger partial charge in [-0.2, -0.15) is 0 Å². The first-order chi connectivity index (χ1) is 10.2. The third-order valence-corrected chi connectivity index (χ3v) is 6.61. The Morgan fingerprint density at radius 3 is 2.33 bits per heavy atom. The predicted octanol–water partition coefficient (Wildman–Crippen LogP) is 4.17. The van der Waals surface area contributed by atoms with E-state index in [1.54, 1.807) is 0 Å². The summed E-state index contributed by atoms with van der Waals surface area (Å²) in [6.45, 7) is 0.679. The van der Waals surface area contributed by atoms with Crippen molar-refractivity contribution in [1.82, 2.24) is 5.32 Å². The minimum absolute atomic E-state index is 0.229. The average molecular weight is 311 g/mol. The Balaban J connectivity index is 2.09. The zero-order valence-electron chi connectivity index (χ0n) is 13.0. The first kappa shape index (κ1) is 16.7. The van der Waals surface area contributed by atoms with Gasteiger partial charge in [0.2, 0.25) is 0 Å². The summed E-state index contributed by atoms with van der Waals surface area (Å²) in [7, 11) is -0.155. The Morgan fingerprint density at radius 1 is 1.14 bits per heavy atom. The fourth-order valence-electron chi connectivity index (χ4n) is 3.11. The molecule has 21 heavy (non-hydrogen) atoms. The molecule has 1 N–H and O–H groups in total. The lowest BCUT2D eigenvalue weighted by atomic mass is 9.89. The van der Waals surface area contributed by atoms with Crippen LogP contribution in [0.25, 0.3) is 0 Å². The standard InChI is InChI=1S/C16H26NO3P/c1-19-21(18,20-2)16(15-11-7-4-8-12-15)17-13-14-9-5-3-6-10-14/h3,5-6,9-10,15-17H,4,7-8,11-13H2,1-2H3. The van der Waals surface area contributed by atoms with Crippen LogP contribution in [-0.2, 0) is 20.2 Å². The fourth-order valence-corrected chi connectivity index (χ4v) is 4.84. The number of benzene rings is 1. The lowest BCUT2D eigenvalue weighted by molar-refractivity contribution is 0.223. The second-order valence-corrected chi connectivity index (χ2v) is 7.98. The Bertz CT molecular complexity index is 452. The molecule has 0 aromatic heterocycles. The van der Waals surface area contributed by atoms with Crippen LogP contribution < -0.4 is 5.32 Å². The zero-order chi connectivity index (χ0) is 15.1. The van der Waals surface area contributed by atoms with E-state index in [1.165, 1.54) is 39.0 Å². The van der Waals surface area contributed by atoms with E-state index in [9.17, 15) is 4.57 Å². The van der Waals surface area contributed by atoms with Gasteiger partial charge in [-0.25, -0.2) is 0 Å². The largest absolute Gasteiger partial charge is 0.347 e. The molecule has 0 radical (unpaired) electrons. The van der Waals surface area contributed by atoms with Crippen molar-refractivity contribution in [3.05, 3.63) is 35.9 Å². The molecule has 0 saturated heterocycles. The molecule has 1 aromatic rings. The summed E-state index contributed by atoms with van der Waals surface area (Å²) >= 11 is 0. The minimum atomic E-state index is -3.11. The van der Waals surface area contributed by atoms with Crippen LogP contribution in [0.15, 0.2) is 30.3 Å². The molecular weight excluding hydrogens is 285 g/mol. The maximum Gasteiger partial charge on any atom is 0.347 e. The Kier molecular flexibility index (Phi) is 6.43. The van der Waals surface area contributed by atoms with Gasteiger partial charge in [0.1, 0.15) is 5.78 Å². The second kappa shape index (κ2) is 8.09. The zero-order valence-corrected chi connectivity index (χ0v) is 13.9. The monoisotopic (exact) mass is 311 g/mol. The molecule has 1 aliphatic carbocycles. The molecule has 0 bridgehead atoms. The highest BCUT2D eigenvalue weighted by molar-refractivity contribution is 7.54. The summed E-state index contributed by atoms with van der Waals surface area (Å²) < 4.78 is 23.4. The van der Waals surface area contributed by atoms with Crippen molar-refractivity contribution >= 4 is 7.60 Å². The van der Waals surface area contributed by atoms with Crippen LogP contribution in [0.5, 0.6) is 0 Å². The van der Waals surface area contributed by atoms with Gasteiger partial charge in [-0.05, 0) is 24.3 Å². The van der Waals surface area contributed by atoms with E-state index in [-0.39, 0.29) is 5.78 Å². The number of hydrogen-bond donors (Lipinski definition) is 1. The molecule has 1 aromatic carbocycles. The predicted molar refractivity (Wildman–Crippen MR) is 85.3 cm³/mol. The van der Waals surface area contributed by atoms with E-state index in [0.717, 1.165) is 12.8 Å². The Morgan fingerprint density at radius 2 is 1.76 bits per heavy atom. The minimum Gasteiger partial charge on any atom is -0.311 e. The van der Waals surface area contributed by atoms with E-state index in [4.69, 9.17) is 9.05 Å². The van der Waals surface area contributed by atoms with E-state index in [2.05, 4.69) is 17.4 Å². The van der Waals surface area contributed by atoms with Gasteiger partial charge < -0.3 is 9.05 Å². The normalized spacial score (nSPS) is 18.6. The molecule has 1 fully saturated rings. The van der Waals surface area contributed by atoms with E-state index in [1.807, 2.05) is 18.2 Å². The SMILES string of the molecule is COP(=O)(OC)C(NCc1ccccc1)C1CCCCC1. The highest BCUT2D eigenvalue weighted by Gasteiger charge is 2.39. The van der Waals surface area contributed by atoms with Crippen molar-refractivity contribution in [2.75, 3.05) is 14.2 Å². The van der Waals surface area contributed by atoms with Gasteiger partial charge in [0.15, 0.2) is 0 Å². The van der Waals surface area contributed by atoms with Gasteiger partial charge in [0.25, 0.3) is 0 Å². The Hall–Kier alpha value is -0.670. The lowest BCUT2D eigenvalue weighted by Crippen LogP contribution is -2.37. The third kappa shape index (κ3) is 4.40. The second-order valence-electron chi connectivity index (χ2n) is 5.61. The maximum atomic E-state index is 12.9. The molecule has 1 unspecified atom stereocenters. The number of hydrogen-bond acceptors (Lipinski definition) is 4. The van der Waals surface area contributed by atoms with Crippen molar-refractivity contribution in [3.8, 4) is 0 Å². The van der Waals surface area contributed by atoms with Gasteiger partial charge in [-0.15, -0.1) is 0 Å². The van der Waals surface area contributed by atoms with Gasteiger partial charge in [-0.3, -0.25) is 9.88 Å². The first-order valence-corrected chi connectivity index (χ1v) is 9.29. The van der Waals surface area contributed by atoms with Crippen LogP contribution in [-0.4, -0.2) is 20.0 Å². The van der Waals surface area contributed by atoms with Gasteiger partial charge in [0, 0.05) is 20.8 Å². The summed E-state index contributed by atoms with van der Waals surface area (Å²) in [6.07, 6.45) is 5.84. The van der Waals surface area contributed by atoms with E-state index < -0.39 is 7.60 Å². The molecule has 1 aliphatic rings. The molecule has 118 valence electrons. The Labute approximate surface area is 127 Å². The van der Waals surface area contributed by atoms with Crippen molar-refractivity contribution in [2.24, 2.45) is 5.92 Å². The quantitative estimate of drug-likeness (QED) is 0.768. The van der Waals surface area contributed by atoms with Crippen LogP contribution >= 0.6 is 7.60 Å². The van der Waals surface area contributed by atoms with Crippen LogP contribution in [0.2, 0.25) is 0 Å². The molecule has 0 aliphatic heterocycles. The molecule has 4 nitrogen and oxygen atoms in total. The van der Waals surface area contributed by atoms with Crippen LogP contribution in [0.1, 0.15) is 37.7 Å². The van der Waals surface area contributed by atoms with E-state index >= 15 is 0 Å². The maximum absolute atomic E-state index is 12.9. The molecule has 0 spiro atoms. The van der Waals surface area contributed by atoms with Crippen LogP contribution in [0.3, 0.4) is 0 Å². The van der Waals surface area contributed by atoms with Crippen molar-refractivity contribution < 1.29 is 13.6 Å². The van der Waals surface area contributed by atoms with Crippen molar-refractivity contribution in [3.63, 3.8) is 0 Å². The number of nitrogens with one attached hydrogen (secondary N) is 1. The first-order valence-electron chi connectivity index (χ1n) is 7.68. The fraction of sp³-hybridized carbons (Fsp3) is 0.625. The highest BCUT2D eigenvalue weighted by Crippen LogP contribution is 2.55. The van der Waals surface area contributed by atoms with Crippen LogP contribution in [0, 0.1) is 5.92 Å². The smallest absolute Gasteiger partial charge is 0.311 e. The summed E-state index contributed by atoms with van der Waals surface area (Å²) in [5, 5.41) is 3.44. The van der Waals surface area contributed by atoms with Gasteiger partial charge >= 0.3 is 7.60 Å². The summed E-state index contributed by atoms with van der Waals surface area (Å²) in [6, 6.07) is 10.2. The number of rotatable bonds is 7. The van der Waals surface area contributed by atoms with Gasteiger partial charge in [0.05, 0.1) is 0 Å². The average Bonchev–Trinajstić information content (AvgIpc) is 2.56. The lowest BCUT2D eigenvalue weighted by Gasteiger charge is -2.34. The molecular formula is C16H26NO3P. The molecule has 1 atom stereocenters. The molecule has 1 saturated carbocycles. The summed E-state index contributed by atoms with van der Waals surface area (Å²) in [5.41, 5.74) is 1.18. The van der Waals surface area contributed by atoms with Crippen LogP contribution in [0.4, 0.5) is 0 Å². The summed E-state index contributed by atoms with van der Waals surface area (Å²) in [4.78, 5) is 0. The topological polar surface area (TPSA) is 47.6 Å². The third-order valence-electron chi connectivity index (χ3n) is 4.30.